The average molecular weight is 440 g/mol. The molecule has 0 unspecified atom stereocenters. The van der Waals surface area contributed by atoms with Gasteiger partial charge in [0.15, 0.2) is 0 Å². The number of benzene rings is 2. The van der Waals surface area contributed by atoms with Gasteiger partial charge >= 0.3 is 5.97 Å². The van der Waals surface area contributed by atoms with E-state index in [2.05, 4.69) is 12.2 Å². The number of para-hydroxylation sites is 1. The first-order valence-electron chi connectivity index (χ1n) is 10.7. The van der Waals surface area contributed by atoms with Crippen LogP contribution >= 0.6 is 0 Å². The summed E-state index contributed by atoms with van der Waals surface area (Å²) in [5, 5.41) is 2.98. The first kappa shape index (κ1) is 22.9. The number of anilines is 1. The summed E-state index contributed by atoms with van der Waals surface area (Å²) in [6, 6.07) is 14.7. The number of nitrogens with one attached hydrogen (secondary N) is 1. The van der Waals surface area contributed by atoms with Crippen LogP contribution in [0.4, 0.5) is 5.69 Å². The number of ether oxygens (including phenoxy) is 1. The fraction of sp³-hybridized carbons (Fsp3) is 0.360. The van der Waals surface area contributed by atoms with Gasteiger partial charge in [-0.15, -0.1) is 0 Å². The molecule has 4 atom stereocenters. The number of allylic oxidation sites excluding steroid dienone is 1. The van der Waals surface area contributed by atoms with Crippen molar-refractivity contribution < 1.29 is 18.5 Å². The lowest BCUT2D eigenvalue weighted by molar-refractivity contribution is -0.137. The summed E-state index contributed by atoms with van der Waals surface area (Å²) in [6.07, 6.45) is 5.09. The van der Waals surface area contributed by atoms with Gasteiger partial charge in [0.05, 0.1) is 28.0 Å². The van der Waals surface area contributed by atoms with Gasteiger partial charge in [-0.1, -0.05) is 49.2 Å². The van der Waals surface area contributed by atoms with E-state index in [4.69, 9.17) is 4.74 Å². The maximum Gasteiger partial charge on any atom is 0.330 e. The smallest absolute Gasteiger partial charge is 0.330 e. The summed E-state index contributed by atoms with van der Waals surface area (Å²) in [4.78, 5) is 25.9. The number of esters is 1. The summed E-state index contributed by atoms with van der Waals surface area (Å²) in [7, 11) is -1.40. The van der Waals surface area contributed by atoms with Crippen molar-refractivity contribution in [3.8, 4) is 0 Å². The molecule has 3 rings (SSSR count). The molecule has 0 aromatic heterocycles. The normalized spacial score (nSPS) is 20.9. The van der Waals surface area contributed by atoms with Crippen LogP contribution in [0.1, 0.15) is 32.3 Å². The molecule has 31 heavy (non-hydrogen) atoms. The van der Waals surface area contributed by atoms with Gasteiger partial charge in [0.1, 0.15) is 0 Å². The molecule has 1 fully saturated rings. The summed E-state index contributed by atoms with van der Waals surface area (Å²) in [6.45, 7) is 6.15. The Kier molecular flexibility index (Phi) is 7.80. The third kappa shape index (κ3) is 5.70. The summed E-state index contributed by atoms with van der Waals surface area (Å²) in [5.41, 5.74) is 1.65. The lowest BCUT2D eigenvalue weighted by Gasteiger charge is -2.11. The van der Waals surface area contributed by atoms with E-state index in [1.165, 1.54) is 6.08 Å². The maximum absolute atomic E-state index is 13.1. The minimum absolute atomic E-state index is 0.0131. The monoisotopic (exact) mass is 439 g/mol. The Balaban J connectivity index is 1.75. The standard InChI is InChI=1S/C25H29NO4S/c1-4-8-19-20(15-16-23(27)30-5-2)24(19)25(28)26-21-9-6-7-10-22(21)31(29)18-13-11-17(3)12-14-18/h6-7,9-16,19-20,24H,4-5,8H2,1-3H3,(H,26,28)/b16-15+/t19-,20-,24+,31-/m0/s1. The number of rotatable bonds is 9. The minimum atomic E-state index is -1.40. The molecule has 0 bridgehead atoms. The van der Waals surface area contributed by atoms with Crippen LogP contribution in [0.2, 0.25) is 0 Å². The molecule has 2 aromatic rings. The van der Waals surface area contributed by atoms with Crippen molar-refractivity contribution in [2.75, 3.05) is 11.9 Å². The molecule has 1 N–H and O–H groups in total. The van der Waals surface area contributed by atoms with Crippen LogP contribution in [0.5, 0.6) is 0 Å². The zero-order valence-corrected chi connectivity index (χ0v) is 19.0. The highest BCUT2D eigenvalue weighted by atomic mass is 32.2. The second-order valence-corrected chi connectivity index (χ2v) is 9.18. The predicted molar refractivity (Wildman–Crippen MR) is 122 cm³/mol. The van der Waals surface area contributed by atoms with Gasteiger partial charge in [-0.3, -0.25) is 4.79 Å². The first-order chi connectivity index (χ1) is 15.0. The van der Waals surface area contributed by atoms with Gasteiger partial charge in [0.25, 0.3) is 0 Å². The Bertz CT molecular complexity index is 983. The first-order valence-corrected chi connectivity index (χ1v) is 11.8. The van der Waals surface area contributed by atoms with Crippen LogP contribution in [0.3, 0.4) is 0 Å². The maximum atomic E-state index is 13.1. The molecule has 0 aliphatic heterocycles. The van der Waals surface area contributed by atoms with Crippen LogP contribution < -0.4 is 5.32 Å². The van der Waals surface area contributed by atoms with Crippen LogP contribution in [0.15, 0.2) is 70.5 Å². The summed E-state index contributed by atoms with van der Waals surface area (Å²) >= 11 is 0. The molecule has 0 spiro atoms. The van der Waals surface area contributed by atoms with Gasteiger partial charge in [0.2, 0.25) is 5.91 Å². The Hall–Kier alpha value is -2.73. The molecule has 1 aliphatic carbocycles. The molecular weight excluding hydrogens is 410 g/mol. The molecule has 0 radical (unpaired) electrons. The van der Waals surface area contributed by atoms with E-state index < -0.39 is 10.8 Å². The van der Waals surface area contributed by atoms with Gasteiger partial charge < -0.3 is 10.1 Å². The number of hydrogen-bond acceptors (Lipinski definition) is 4. The molecule has 2 aromatic carbocycles. The van der Waals surface area contributed by atoms with Crippen LogP contribution in [-0.4, -0.2) is 22.7 Å². The SMILES string of the molecule is CCC[C@H]1[C@H](/C=C/C(=O)OCC)[C@@H]1C(=O)Nc1ccccc1[S@@](=O)c1ccc(C)cc1. The van der Waals surface area contributed by atoms with Crippen molar-refractivity contribution in [2.24, 2.45) is 17.8 Å². The fourth-order valence-electron chi connectivity index (χ4n) is 3.85. The second kappa shape index (κ2) is 10.5. The molecule has 5 nitrogen and oxygen atoms in total. The zero-order valence-electron chi connectivity index (χ0n) is 18.2. The Morgan fingerprint density at radius 1 is 1.10 bits per heavy atom. The Morgan fingerprint density at radius 3 is 2.48 bits per heavy atom. The Morgan fingerprint density at radius 2 is 1.81 bits per heavy atom. The molecule has 1 saturated carbocycles. The van der Waals surface area contributed by atoms with E-state index in [9.17, 15) is 13.8 Å². The van der Waals surface area contributed by atoms with Crippen molar-refractivity contribution in [3.05, 3.63) is 66.2 Å². The van der Waals surface area contributed by atoms with Crippen LogP contribution in [0, 0.1) is 24.7 Å². The molecule has 164 valence electrons. The van der Waals surface area contributed by atoms with Gasteiger partial charge in [0, 0.05) is 16.9 Å². The van der Waals surface area contributed by atoms with Crippen molar-refractivity contribution in [2.45, 2.75) is 43.4 Å². The third-order valence-electron chi connectivity index (χ3n) is 5.48. The lowest BCUT2D eigenvalue weighted by Crippen LogP contribution is -2.17. The van der Waals surface area contributed by atoms with Crippen molar-refractivity contribution >= 4 is 28.4 Å². The number of hydrogen-bond donors (Lipinski definition) is 1. The lowest BCUT2D eigenvalue weighted by atomic mass is 10.2. The summed E-state index contributed by atoms with van der Waals surface area (Å²) < 4.78 is 18.1. The summed E-state index contributed by atoms with van der Waals surface area (Å²) in [5.74, 6) is -0.482. The highest BCUT2D eigenvalue weighted by molar-refractivity contribution is 7.85. The molecule has 1 aliphatic rings. The van der Waals surface area contributed by atoms with Crippen LogP contribution in [0.25, 0.3) is 0 Å². The number of aryl methyl sites for hydroxylation is 1. The minimum Gasteiger partial charge on any atom is -0.463 e. The number of carbonyl (C=O) groups is 2. The quantitative estimate of drug-likeness (QED) is 0.446. The molecule has 0 saturated heterocycles. The van der Waals surface area contributed by atoms with Crippen molar-refractivity contribution in [1.82, 2.24) is 0 Å². The van der Waals surface area contributed by atoms with Crippen molar-refractivity contribution in [3.63, 3.8) is 0 Å². The number of carbonyl (C=O) groups excluding carboxylic acids is 2. The van der Waals surface area contributed by atoms with E-state index in [1.54, 1.807) is 25.1 Å². The van der Waals surface area contributed by atoms with Gasteiger partial charge in [-0.2, -0.15) is 0 Å². The largest absolute Gasteiger partial charge is 0.463 e. The van der Waals surface area contributed by atoms with E-state index in [-0.39, 0.29) is 29.6 Å². The zero-order chi connectivity index (χ0) is 22.4. The Labute approximate surface area is 186 Å². The predicted octanol–water partition coefficient (Wildman–Crippen LogP) is 4.88. The van der Waals surface area contributed by atoms with Gasteiger partial charge in [-0.25, -0.2) is 9.00 Å². The molecule has 0 heterocycles. The highest BCUT2D eigenvalue weighted by Crippen LogP contribution is 2.51. The highest BCUT2D eigenvalue weighted by Gasteiger charge is 2.52. The van der Waals surface area contributed by atoms with Crippen molar-refractivity contribution in [1.29, 1.82) is 0 Å². The topological polar surface area (TPSA) is 72.5 Å². The van der Waals surface area contributed by atoms with E-state index >= 15 is 0 Å². The fourth-order valence-corrected chi connectivity index (χ4v) is 5.01. The van der Waals surface area contributed by atoms with Crippen LogP contribution in [-0.2, 0) is 25.1 Å². The van der Waals surface area contributed by atoms with E-state index in [1.807, 2.05) is 43.3 Å². The number of amides is 1. The van der Waals surface area contributed by atoms with E-state index in [0.29, 0.717) is 22.1 Å². The van der Waals surface area contributed by atoms with Gasteiger partial charge in [-0.05, 0) is 56.4 Å². The average Bonchev–Trinajstić information content (AvgIpc) is 3.46. The van der Waals surface area contributed by atoms with E-state index in [0.717, 1.165) is 18.4 Å². The third-order valence-corrected chi connectivity index (χ3v) is 6.93. The molecule has 6 heteroatoms. The molecule has 1 amide bonds. The molecular formula is C25H29NO4S. The second-order valence-electron chi connectivity index (χ2n) is 7.73.